The summed E-state index contributed by atoms with van der Waals surface area (Å²) >= 11 is 1.50. The first-order valence-corrected chi connectivity index (χ1v) is 17.5. The number of hydrogen-bond donors (Lipinski definition) is 2. The molecule has 14 heteroatoms. The van der Waals surface area contributed by atoms with E-state index in [0.717, 1.165) is 61.1 Å². The third-order valence-corrected chi connectivity index (χ3v) is 10.2. The summed E-state index contributed by atoms with van der Waals surface area (Å²) < 4.78 is 63.8. The van der Waals surface area contributed by atoms with E-state index in [-0.39, 0.29) is 18.0 Å². The lowest BCUT2D eigenvalue weighted by Crippen LogP contribution is -2.28. The van der Waals surface area contributed by atoms with Gasteiger partial charge in [-0.05, 0) is 72.6 Å². The van der Waals surface area contributed by atoms with Gasteiger partial charge in [0, 0.05) is 36.8 Å². The second-order valence-corrected chi connectivity index (χ2v) is 13.8. The van der Waals surface area contributed by atoms with Crippen molar-refractivity contribution in [3.05, 3.63) is 95.4 Å². The molecular weight excluding hydrogens is 670 g/mol. The van der Waals surface area contributed by atoms with Crippen LogP contribution in [-0.4, -0.2) is 57.9 Å². The third kappa shape index (κ3) is 7.73. The monoisotopic (exact) mass is 703 g/mol. The van der Waals surface area contributed by atoms with Crippen LogP contribution in [0.1, 0.15) is 16.7 Å². The highest BCUT2D eigenvalue weighted by Gasteiger charge is 2.17. The molecule has 0 aliphatic rings. The number of nitrogens with zero attached hydrogens (tertiary/aromatic N) is 3. The third-order valence-electron chi connectivity index (χ3n) is 7.71. The topological polar surface area (TPSA) is 134 Å². The van der Waals surface area contributed by atoms with Crippen molar-refractivity contribution in [2.24, 2.45) is 0 Å². The van der Waals surface area contributed by atoms with Gasteiger partial charge in [0.15, 0.2) is 0 Å². The minimum atomic E-state index is -3.79. The fraction of sp³-hybridized carbons (Fsp3) is 0.229. The Morgan fingerprint density at radius 3 is 2.43 bits per heavy atom. The lowest BCUT2D eigenvalue weighted by molar-refractivity contribution is 0.323. The van der Waals surface area contributed by atoms with Crippen LogP contribution in [0, 0.1) is 12.7 Å². The second-order valence-electron chi connectivity index (χ2n) is 11.0. The number of benzene rings is 4. The van der Waals surface area contributed by atoms with E-state index in [1.807, 2.05) is 43.3 Å². The van der Waals surface area contributed by atoms with Gasteiger partial charge in [0.25, 0.3) is 0 Å². The number of sulfonamides is 1. The summed E-state index contributed by atoms with van der Waals surface area (Å²) in [6, 6.07) is 18.2. The van der Waals surface area contributed by atoms with Crippen molar-refractivity contribution >= 4 is 42.6 Å². The number of halogens is 1. The average molecular weight is 704 g/mol. The summed E-state index contributed by atoms with van der Waals surface area (Å²) in [6.45, 7) is 3.19. The Morgan fingerprint density at radius 2 is 1.67 bits per heavy atom. The molecule has 0 fully saturated rings. The number of hydrogen-bond acceptors (Lipinski definition) is 11. The predicted molar refractivity (Wildman–Crippen MR) is 187 cm³/mol. The smallest absolute Gasteiger partial charge is 0.240 e. The first kappa shape index (κ1) is 34.0. The number of aryl methyl sites for hydroxylation is 1. The highest BCUT2D eigenvalue weighted by Crippen LogP contribution is 2.37. The molecule has 0 saturated carbocycles. The number of rotatable bonds is 14. The molecule has 0 unspecified atom stereocenters. The molecule has 11 nitrogen and oxygen atoms in total. The molecule has 2 N–H and O–H groups in total. The van der Waals surface area contributed by atoms with Crippen LogP contribution < -0.4 is 29.0 Å². The maximum Gasteiger partial charge on any atom is 0.240 e. The summed E-state index contributed by atoms with van der Waals surface area (Å²) in [5.41, 5.74) is 5.93. The Balaban J connectivity index is 1.22. The zero-order chi connectivity index (χ0) is 34.5. The molecular formula is C35H34FN5O6S2. The van der Waals surface area contributed by atoms with Gasteiger partial charge >= 0.3 is 0 Å². The standard InChI is InChI=1S/C35H34FN5O6S2/c1-21-13-26(47-12-11-39-49(42,43)27-9-6-24(36)7-10-27)17-31-33(21)41-35(48-31)28-14-22(15-29-34(28)38-20-32(40-29)46-4)18-37-19-23-5-8-25(44-2)16-30(23)45-3/h5-10,13-17,20,37,39H,11-12,18-19H2,1-4H3. The van der Waals surface area contributed by atoms with Gasteiger partial charge in [0.05, 0.1) is 53.7 Å². The Morgan fingerprint density at radius 1 is 0.857 bits per heavy atom. The summed E-state index contributed by atoms with van der Waals surface area (Å²) in [6.07, 6.45) is 1.59. The van der Waals surface area contributed by atoms with Crippen molar-refractivity contribution in [2.75, 3.05) is 34.5 Å². The lowest BCUT2D eigenvalue weighted by Gasteiger charge is -2.12. The number of aromatic nitrogens is 3. The minimum Gasteiger partial charge on any atom is -0.497 e. The van der Waals surface area contributed by atoms with Crippen molar-refractivity contribution in [1.29, 1.82) is 0 Å². The van der Waals surface area contributed by atoms with E-state index < -0.39 is 15.8 Å². The fourth-order valence-corrected chi connectivity index (χ4v) is 7.38. The van der Waals surface area contributed by atoms with Crippen LogP contribution in [0.3, 0.4) is 0 Å². The van der Waals surface area contributed by atoms with E-state index in [0.29, 0.717) is 35.8 Å². The van der Waals surface area contributed by atoms with E-state index >= 15 is 0 Å². The molecule has 0 saturated heterocycles. The van der Waals surface area contributed by atoms with Crippen LogP contribution in [0.15, 0.2) is 77.8 Å². The van der Waals surface area contributed by atoms with Gasteiger partial charge in [-0.15, -0.1) is 11.3 Å². The average Bonchev–Trinajstić information content (AvgIpc) is 3.54. The van der Waals surface area contributed by atoms with Gasteiger partial charge in [0.2, 0.25) is 15.9 Å². The summed E-state index contributed by atoms with van der Waals surface area (Å²) in [4.78, 5) is 14.3. The highest BCUT2D eigenvalue weighted by atomic mass is 32.2. The summed E-state index contributed by atoms with van der Waals surface area (Å²) in [5.74, 6) is 1.95. The van der Waals surface area contributed by atoms with Crippen LogP contribution in [-0.2, 0) is 23.1 Å². The molecule has 4 aromatic carbocycles. The van der Waals surface area contributed by atoms with Crippen molar-refractivity contribution in [1.82, 2.24) is 25.0 Å². The van der Waals surface area contributed by atoms with Crippen molar-refractivity contribution < 1.29 is 31.8 Å². The van der Waals surface area contributed by atoms with Crippen LogP contribution in [0.4, 0.5) is 4.39 Å². The first-order chi connectivity index (χ1) is 23.7. The number of thiazole rings is 1. The summed E-state index contributed by atoms with van der Waals surface area (Å²) in [7, 11) is 1.02. The molecule has 0 bridgehead atoms. The molecule has 49 heavy (non-hydrogen) atoms. The van der Waals surface area contributed by atoms with Crippen molar-refractivity contribution in [3.63, 3.8) is 0 Å². The molecule has 6 aromatic rings. The van der Waals surface area contributed by atoms with Gasteiger partial charge in [-0.2, -0.15) is 0 Å². The molecule has 0 aliphatic carbocycles. The number of nitrogens with one attached hydrogen (secondary N) is 2. The zero-order valence-electron chi connectivity index (χ0n) is 27.2. The molecule has 2 heterocycles. The van der Waals surface area contributed by atoms with Crippen molar-refractivity contribution in [2.45, 2.75) is 24.9 Å². The second kappa shape index (κ2) is 14.7. The van der Waals surface area contributed by atoms with Crippen LogP contribution in [0.5, 0.6) is 23.1 Å². The van der Waals surface area contributed by atoms with E-state index in [1.165, 1.54) is 23.5 Å². The first-order valence-electron chi connectivity index (χ1n) is 15.2. The maximum absolute atomic E-state index is 13.2. The Labute approximate surface area is 287 Å². The predicted octanol–water partition coefficient (Wildman–Crippen LogP) is 6.03. The van der Waals surface area contributed by atoms with Crippen LogP contribution in [0.2, 0.25) is 0 Å². The van der Waals surface area contributed by atoms with Crippen LogP contribution in [0.25, 0.3) is 31.8 Å². The van der Waals surface area contributed by atoms with Gasteiger partial charge in [-0.1, -0.05) is 6.07 Å². The highest BCUT2D eigenvalue weighted by molar-refractivity contribution is 7.89. The summed E-state index contributed by atoms with van der Waals surface area (Å²) in [5, 5.41) is 4.27. The SMILES string of the molecule is COc1ccc(CNCc2cc(-c3nc4c(C)cc(OCCNS(=O)(=O)c5ccc(F)cc5)cc4s3)c3ncc(OC)nc3c2)c(OC)c1. The van der Waals surface area contributed by atoms with Gasteiger partial charge in [0.1, 0.15) is 34.7 Å². The number of methoxy groups -OCH3 is 3. The maximum atomic E-state index is 13.2. The molecule has 0 amide bonds. The normalized spacial score (nSPS) is 11.6. The molecule has 0 spiro atoms. The van der Waals surface area contributed by atoms with Gasteiger partial charge in [-0.25, -0.2) is 32.5 Å². The zero-order valence-corrected chi connectivity index (χ0v) is 28.9. The lowest BCUT2D eigenvalue weighted by atomic mass is 10.1. The molecule has 0 aliphatic heterocycles. The molecule has 0 radical (unpaired) electrons. The Bertz CT molecular complexity index is 2230. The van der Waals surface area contributed by atoms with Gasteiger partial charge < -0.3 is 24.3 Å². The molecule has 0 atom stereocenters. The quantitative estimate of drug-likeness (QED) is 0.130. The van der Waals surface area contributed by atoms with E-state index in [1.54, 1.807) is 27.5 Å². The van der Waals surface area contributed by atoms with E-state index in [9.17, 15) is 12.8 Å². The van der Waals surface area contributed by atoms with Gasteiger partial charge in [-0.3, -0.25) is 0 Å². The van der Waals surface area contributed by atoms with Crippen LogP contribution >= 0.6 is 11.3 Å². The van der Waals surface area contributed by atoms with Crippen molar-refractivity contribution in [3.8, 4) is 33.7 Å². The fourth-order valence-electron chi connectivity index (χ4n) is 5.27. The molecule has 254 valence electrons. The largest absolute Gasteiger partial charge is 0.497 e. The minimum absolute atomic E-state index is 0.0173. The number of fused-ring (bicyclic) bond motifs is 2. The molecule has 6 rings (SSSR count). The Kier molecular flexibility index (Phi) is 10.2. The Hall–Kier alpha value is -4.89. The molecule has 2 aromatic heterocycles. The number of ether oxygens (including phenoxy) is 4. The van der Waals surface area contributed by atoms with E-state index in [2.05, 4.69) is 26.1 Å². The van der Waals surface area contributed by atoms with E-state index in [4.69, 9.17) is 23.9 Å².